The van der Waals surface area contributed by atoms with Crippen molar-refractivity contribution in [1.82, 2.24) is 0 Å². The second-order valence-corrected chi connectivity index (χ2v) is 6.74. The molecule has 0 bridgehead atoms. The van der Waals surface area contributed by atoms with Crippen LogP contribution in [0.1, 0.15) is 32.0 Å². The minimum absolute atomic E-state index is 0.0360. The summed E-state index contributed by atoms with van der Waals surface area (Å²) in [6, 6.07) is 12.9. The van der Waals surface area contributed by atoms with Crippen LogP contribution in [0.25, 0.3) is 0 Å². The maximum absolute atomic E-state index is 12.6. The van der Waals surface area contributed by atoms with Crippen LogP contribution in [0.3, 0.4) is 0 Å². The number of carbonyl (C=O) groups is 2. The molecule has 0 aliphatic carbocycles. The molecule has 3 aromatic rings. The van der Waals surface area contributed by atoms with Crippen LogP contribution in [0, 0.1) is 17.0 Å². The van der Waals surface area contributed by atoms with Gasteiger partial charge >= 0.3 is 0 Å². The number of rotatable bonds is 4. The first-order valence-electron chi connectivity index (χ1n) is 8.99. The highest BCUT2D eigenvalue weighted by atomic mass is 16.6. The van der Waals surface area contributed by atoms with E-state index in [0.29, 0.717) is 23.4 Å². The first-order chi connectivity index (χ1) is 13.9. The van der Waals surface area contributed by atoms with Gasteiger partial charge in [-0.25, -0.2) is 0 Å². The first kappa shape index (κ1) is 18.4. The van der Waals surface area contributed by atoms with Crippen molar-refractivity contribution in [3.8, 4) is 0 Å². The molecule has 1 aliphatic rings. The number of nitrogens with zero attached hydrogens (tertiary/aromatic N) is 2. The van der Waals surface area contributed by atoms with Crippen molar-refractivity contribution < 1.29 is 18.9 Å². The van der Waals surface area contributed by atoms with Crippen molar-refractivity contribution >= 4 is 28.9 Å². The number of fused-ring (bicyclic) bond motifs is 1. The molecule has 1 aliphatic heterocycles. The monoisotopic (exact) mass is 391 g/mol. The minimum Gasteiger partial charge on any atom is -0.459 e. The van der Waals surface area contributed by atoms with Gasteiger partial charge in [0.1, 0.15) is 0 Å². The molecule has 1 N–H and O–H groups in total. The SMILES string of the molecule is Cc1cc(C(=O)Nc2ccc3c(c2)N(C(=O)c2ccco2)CC3)ccc1[N+](=O)[O-]. The summed E-state index contributed by atoms with van der Waals surface area (Å²) in [7, 11) is 0. The van der Waals surface area contributed by atoms with Gasteiger partial charge in [-0.05, 0) is 55.3 Å². The average Bonchev–Trinajstić information content (AvgIpc) is 3.37. The lowest BCUT2D eigenvalue weighted by atomic mass is 10.1. The predicted octanol–water partition coefficient (Wildman–Crippen LogP) is 3.95. The average molecular weight is 391 g/mol. The van der Waals surface area contributed by atoms with Crippen LogP contribution in [0.4, 0.5) is 17.1 Å². The largest absolute Gasteiger partial charge is 0.459 e. The number of furan rings is 1. The minimum atomic E-state index is -0.484. The molecule has 0 unspecified atom stereocenters. The van der Waals surface area contributed by atoms with E-state index in [2.05, 4.69) is 5.32 Å². The standard InChI is InChI=1S/C21H17N3O5/c1-13-11-15(5-7-17(13)24(27)28)20(25)22-16-6-4-14-8-9-23(18(14)12-16)21(26)19-3-2-10-29-19/h2-7,10-12H,8-9H2,1H3,(H,22,25). The van der Waals surface area contributed by atoms with Crippen molar-refractivity contribution in [3.05, 3.63) is 87.4 Å². The number of carbonyl (C=O) groups excluding carboxylic acids is 2. The summed E-state index contributed by atoms with van der Waals surface area (Å²) in [5, 5.41) is 13.7. The van der Waals surface area contributed by atoms with E-state index >= 15 is 0 Å². The lowest BCUT2D eigenvalue weighted by Gasteiger charge is -2.17. The fraction of sp³-hybridized carbons (Fsp3) is 0.143. The van der Waals surface area contributed by atoms with E-state index in [9.17, 15) is 19.7 Å². The van der Waals surface area contributed by atoms with Gasteiger partial charge in [0.15, 0.2) is 5.76 Å². The number of nitro benzene ring substituents is 1. The molecule has 2 aromatic carbocycles. The number of aryl methyl sites for hydroxylation is 1. The molecule has 4 rings (SSSR count). The van der Waals surface area contributed by atoms with Gasteiger partial charge in [-0.15, -0.1) is 0 Å². The molecular weight excluding hydrogens is 374 g/mol. The number of benzene rings is 2. The molecule has 0 saturated carbocycles. The van der Waals surface area contributed by atoms with Crippen LogP contribution >= 0.6 is 0 Å². The summed E-state index contributed by atoms with van der Waals surface area (Å²) in [5.41, 5.74) is 2.96. The van der Waals surface area contributed by atoms with E-state index < -0.39 is 4.92 Å². The zero-order chi connectivity index (χ0) is 20.5. The molecule has 2 amide bonds. The lowest BCUT2D eigenvalue weighted by molar-refractivity contribution is -0.385. The summed E-state index contributed by atoms with van der Waals surface area (Å²) in [6.45, 7) is 2.12. The summed E-state index contributed by atoms with van der Waals surface area (Å²) < 4.78 is 5.20. The van der Waals surface area contributed by atoms with Crippen LogP contribution in [0.15, 0.2) is 59.2 Å². The molecule has 0 saturated heterocycles. The van der Waals surface area contributed by atoms with Crippen LogP contribution in [0.2, 0.25) is 0 Å². The number of nitrogens with one attached hydrogen (secondary N) is 1. The number of anilines is 2. The first-order valence-corrected chi connectivity index (χ1v) is 8.99. The molecule has 1 aromatic heterocycles. The normalized spacial score (nSPS) is 12.5. The predicted molar refractivity (Wildman–Crippen MR) is 106 cm³/mol. The summed E-state index contributed by atoms with van der Waals surface area (Å²) >= 11 is 0. The Morgan fingerprint density at radius 2 is 2.00 bits per heavy atom. The second-order valence-electron chi connectivity index (χ2n) is 6.74. The van der Waals surface area contributed by atoms with Gasteiger partial charge in [0.2, 0.25) is 0 Å². The molecule has 8 heteroatoms. The van der Waals surface area contributed by atoms with E-state index in [1.54, 1.807) is 36.1 Å². The summed E-state index contributed by atoms with van der Waals surface area (Å²) in [4.78, 5) is 37.3. The Labute approximate surface area is 165 Å². The summed E-state index contributed by atoms with van der Waals surface area (Å²) in [6.07, 6.45) is 2.17. The van der Waals surface area contributed by atoms with Crippen LogP contribution < -0.4 is 10.2 Å². The maximum atomic E-state index is 12.6. The van der Waals surface area contributed by atoms with Gasteiger partial charge in [0.25, 0.3) is 17.5 Å². The van der Waals surface area contributed by atoms with E-state index in [-0.39, 0.29) is 23.3 Å². The smallest absolute Gasteiger partial charge is 0.293 e. The number of hydrogen-bond acceptors (Lipinski definition) is 5. The third-order valence-corrected chi connectivity index (χ3v) is 4.87. The highest BCUT2D eigenvalue weighted by molar-refractivity contribution is 6.07. The zero-order valence-corrected chi connectivity index (χ0v) is 15.5. The van der Waals surface area contributed by atoms with Crippen molar-refractivity contribution in [2.24, 2.45) is 0 Å². The molecular formula is C21H17N3O5. The Morgan fingerprint density at radius 3 is 2.69 bits per heavy atom. The second kappa shape index (κ2) is 7.23. The van der Waals surface area contributed by atoms with E-state index in [1.807, 2.05) is 6.07 Å². The van der Waals surface area contributed by atoms with E-state index in [0.717, 1.165) is 17.7 Å². The van der Waals surface area contributed by atoms with Crippen molar-refractivity contribution in [1.29, 1.82) is 0 Å². The third-order valence-electron chi connectivity index (χ3n) is 4.87. The van der Waals surface area contributed by atoms with Gasteiger partial charge in [0, 0.05) is 35.1 Å². The van der Waals surface area contributed by atoms with Gasteiger partial charge in [-0.2, -0.15) is 0 Å². The van der Waals surface area contributed by atoms with Gasteiger partial charge < -0.3 is 14.6 Å². The Hall–Kier alpha value is -3.94. The zero-order valence-electron chi connectivity index (χ0n) is 15.5. The van der Waals surface area contributed by atoms with E-state index in [4.69, 9.17) is 4.42 Å². The molecule has 0 radical (unpaired) electrons. The fourth-order valence-electron chi connectivity index (χ4n) is 3.41. The van der Waals surface area contributed by atoms with E-state index in [1.165, 1.54) is 24.5 Å². The quantitative estimate of drug-likeness (QED) is 0.535. The molecule has 2 heterocycles. The van der Waals surface area contributed by atoms with Gasteiger partial charge in [0.05, 0.1) is 11.2 Å². The number of amides is 2. The topological polar surface area (TPSA) is 106 Å². The molecule has 146 valence electrons. The van der Waals surface area contributed by atoms with Crippen molar-refractivity contribution in [2.45, 2.75) is 13.3 Å². The Bertz CT molecular complexity index is 1120. The van der Waals surface area contributed by atoms with Gasteiger partial charge in [-0.3, -0.25) is 19.7 Å². The Kier molecular flexibility index (Phi) is 4.59. The molecule has 29 heavy (non-hydrogen) atoms. The van der Waals surface area contributed by atoms with Crippen molar-refractivity contribution in [3.63, 3.8) is 0 Å². The lowest BCUT2D eigenvalue weighted by Crippen LogP contribution is -2.28. The van der Waals surface area contributed by atoms with Crippen LogP contribution in [-0.4, -0.2) is 23.3 Å². The molecule has 0 atom stereocenters. The van der Waals surface area contributed by atoms with Crippen molar-refractivity contribution in [2.75, 3.05) is 16.8 Å². The van der Waals surface area contributed by atoms with Gasteiger partial charge in [-0.1, -0.05) is 6.07 Å². The Balaban J connectivity index is 1.56. The highest BCUT2D eigenvalue weighted by Gasteiger charge is 2.27. The van der Waals surface area contributed by atoms with Crippen LogP contribution in [-0.2, 0) is 6.42 Å². The summed E-state index contributed by atoms with van der Waals surface area (Å²) in [5.74, 6) is -0.360. The number of nitro groups is 1. The Morgan fingerprint density at radius 1 is 1.17 bits per heavy atom. The molecule has 0 fully saturated rings. The highest BCUT2D eigenvalue weighted by Crippen LogP contribution is 2.32. The third kappa shape index (κ3) is 3.47. The fourth-order valence-corrected chi connectivity index (χ4v) is 3.41. The molecule has 0 spiro atoms. The maximum Gasteiger partial charge on any atom is 0.293 e. The molecule has 8 nitrogen and oxygen atoms in total. The van der Waals surface area contributed by atoms with Crippen LogP contribution in [0.5, 0.6) is 0 Å². The number of hydrogen-bond donors (Lipinski definition) is 1.